The first kappa shape index (κ1) is 16.9. The second-order valence-corrected chi connectivity index (χ2v) is 7.09. The second-order valence-electron chi connectivity index (χ2n) is 5.93. The van der Waals surface area contributed by atoms with Gasteiger partial charge in [0.25, 0.3) is 0 Å². The number of nitrogens with one attached hydrogen (secondary N) is 1. The molecular formula is C16H26IN3O. The number of halogens is 1. The maximum Gasteiger partial charge on any atom is 0.162 e. The Morgan fingerprint density at radius 3 is 2.71 bits per heavy atom. The molecule has 1 aromatic heterocycles. The van der Waals surface area contributed by atoms with Gasteiger partial charge in [0.15, 0.2) is 5.82 Å². The fourth-order valence-corrected chi connectivity index (χ4v) is 3.34. The van der Waals surface area contributed by atoms with Gasteiger partial charge in [-0.25, -0.2) is 9.97 Å². The molecule has 0 aliphatic heterocycles. The molecule has 1 saturated carbocycles. The Kier molecular flexibility index (Phi) is 6.22. The number of nitrogens with zero attached hydrogens (tertiary/aromatic N) is 2. The zero-order valence-corrected chi connectivity index (χ0v) is 15.4. The Balaban J connectivity index is 2.27. The largest absolute Gasteiger partial charge is 0.369 e. The molecular weight excluding hydrogens is 377 g/mol. The molecule has 5 heteroatoms. The monoisotopic (exact) mass is 403 g/mol. The minimum absolute atomic E-state index is 0.283. The third-order valence-corrected chi connectivity index (χ3v) is 4.99. The maximum absolute atomic E-state index is 6.15. The van der Waals surface area contributed by atoms with E-state index in [1.807, 2.05) is 6.20 Å². The smallest absolute Gasteiger partial charge is 0.162 e. The average Bonchev–Trinajstić information content (AvgIpc) is 2.49. The summed E-state index contributed by atoms with van der Waals surface area (Å²) in [5.74, 6) is 2.58. The van der Waals surface area contributed by atoms with E-state index in [0.717, 1.165) is 46.9 Å². The highest BCUT2D eigenvalue weighted by molar-refractivity contribution is 14.1. The van der Waals surface area contributed by atoms with Crippen molar-refractivity contribution in [1.29, 1.82) is 0 Å². The molecule has 1 aliphatic carbocycles. The Labute approximate surface area is 141 Å². The zero-order chi connectivity index (χ0) is 15.3. The second kappa shape index (κ2) is 7.72. The van der Waals surface area contributed by atoms with Crippen LogP contribution in [0, 0.1) is 9.49 Å². The molecule has 0 spiro atoms. The summed E-state index contributed by atoms with van der Waals surface area (Å²) in [5, 5.41) is 3.40. The molecule has 1 heterocycles. The number of hydrogen-bond acceptors (Lipinski definition) is 4. The summed E-state index contributed by atoms with van der Waals surface area (Å²) < 4.78 is 7.22. The maximum atomic E-state index is 6.15. The quantitative estimate of drug-likeness (QED) is 0.718. The van der Waals surface area contributed by atoms with Gasteiger partial charge in [0, 0.05) is 19.3 Å². The van der Waals surface area contributed by atoms with Gasteiger partial charge in [-0.2, -0.15) is 0 Å². The molecule has 1 aromatic rings. The van der Waals surface area contributed by atoms with Crippen LogP contribution in [0.2, 0.25) is 0 Å². The van der Waals surface area contributed by atoms with Crippen LogP contribution in [0.5, 0.6) is 0 Å². The van der Waals surface area contributed by atoms with Crippen LogP contribution in [0.25, 0.3) is 0 Å². The summed E-state index contributed by atoms with van der Waals surface area (Å²) in [6.07, 6.45) is 7.43. The van der Waals surface area contributed by atoms with Crippen LogP contribution in [0.3, 0.4) is 0 Å². The Hall–Kier alpha value is -0.430. The van der Waals surface area contributed by atoms with E-state index in [2.05, 4.69) is 53.7 Å². The lowest BCUT2D eigenvalue weighted by atomic mass is 9.79. The van der Waals surface area contributed by atoms with E-state index in [9.17, 15) is 0 Å². The first-order valence-corrected chi connectivity index (χ1v) is 9.10. The van der Waals surface area contributed by atoms with Crippen LogP contribution >= 0.6 is 22.6 Å². The van der Waals surface area contributed by atoms with Crippen LogP contribution in [-0.4, -0.2) is 23.1 Å². The van der Waals surface area contributed by atoms with Crippen molar-refractivity contribution in [2.75, 3.05) is 18.5 Å². The third kappa shape index (κ3) is 4.06. The molecule has 0 bridgehead atoms. The third-order valence-electron chi connectivity index (χ3n) is 4.20. The molecule has 1 N–H and O–H groups in total. The van der Waals surface area contributed by atoms with E-state index in [0.29, 0.717) is 6.61 Å². The van der Waals surface area contributed by atoms with E-state index in [-0.39, 0.29) is 5.60 Å². The molecule has 118 valence electrons. The van der Waals surface area contributed by atoms with Gasteiger partial charge in [0.2, 0.25) is 0 Å². The normalized spacial score (nSPS) is 25.8. The fraction of sp³-hybridized carbons (Fsp3) is 0.750. The van der Waals surface area contributed by atoms with Crippen molar-refractivity contribution in [3.63, 3.8) is 0 Å². The van der Waals surface area contributed by atoms with E-state index in [1.165, 1.54) is 12.8 Å². The van der Waals surface area contributed by atoms with Gasteiger partial charge < -0.3 is 10.1 Å². The molecule has 1 aliphatic rings. The molecule has 4 nitrogen and oxygen atoms in total. The highest BCUT2D eigenvalue weighted by Gasteiger charge is 2.39. The van der Waals surface area contributed by atoms with Crippen molar-refractivity contribution in [2.24, 2.45) is 5.92 Å². The lowest BCUT2D eigenvalue weighted by Gasteiger charge is -2.38. The Morgan fingerprint density at radius 1 is 1.38 bits per heavy atom. The van der Waals surface area contributed by atoms with Crippen molar-refractivity contribution in [1.82, 2.24) is 9.97 Å². The summed E-state index contributed by atoms with van der Waals surface area (Å²) in [6, 6.07) is 0. The Bertz CT molecular complexity index is 459. The number of anilines is 1. The predicted octanol–water partition coefficient (Wildman–Crippen LogP) is 4.35. The predicted molar refractivity (Wildman–Crippen MR) is 94.5 cm³/mol. The topological polar surface area (TPSA) is 47.0 Å². The molecule has 0 radical (unpaired) electrons. The first-order valence-electron chi connectivity index (χ1n) is 8.02. The standard InChI is InChI=1S/C16H26IN3O/c1-4-10-18-14-13(17)11-19-15(20-14)16(21-5-2)8-6-12(3)7-9-16/h11-12H,4-10H2,1-3H3,(H,18,19,20). The first-order chi connectivity index (χ1) is 10.1. The van der Waals surface area contributed by atoms with Crippen LogP contribution in [0.4, 0.5) is 5.82 Å². The van der Waals surface area contributed by atoms with Gasteiger partial charge in [-0.15, -0.1) is 0 Å². The number of hydrogen-bond donors (Lipinski definition) is 1. The highest BCUT2D eigenvalue weighted by atomic mass is 127. The van der Waals surface area contributed by atoms with Gasteiger partial charge in [-0.05, 0) is 67.5 Å². The molecule has 0 atom stereocenters. The molecule has 1 fully saturated rings. The van der Waals surface area contributed by atoms with E-state index >= 15 is 0 Å². The lowest BCUT2D eigenvalue weighted by molar-refractivity contribution is -0.0836. The molecule has 0 amide bonds. The summed E-state index contributed by atoms with van der Waals surface area (Å²) in [5.41, 5.74) is -0.283. The summed E-state index contributed by atoms with van der Waals surface area (Å²) in [4.78, 5) is 9.40. The van der Waals surface area contributed by atoms with Gasteiger partial charge in [0.1, 0.15) is 11.4 Å². The van der Waals surface area contributed by atoms with Crippen LogP contribution in [0.1, 0.15) is 58.7 Å². The minimum Gasteiger partial charge on any atom is -0.369 e. The fourth-order valence-electron chi connectivity index (χ4n) is 2.89. The molecule has 0 saturated heterocycles. The number of rotatable bonds is 6. The van der Waals surface area contributed by atoms with Gasteiger partial charge in [-0.1, -0.05) is 13.8 Å². The number of ether oxygens (including phenoxy) is 1. The molecule has 2 rings (SSSR count). The van der Waals surface area contributed by atoms with Crippen LogP contribution in [-0.2, 0) is 10.3 Å². The SMILES string of the molecule is CCCNc1nc(C2(OCC)CCC(C)CC2)ncc1I. The summed E-state index contributed by atoms with van der Waals surface area (Å²) >= 11 is 2.29. The van der Waals surface area contributed by atoms with E-state index in [1.54, 1.807) is 0 Å². The molecule has 0 unspecified atom stereocenters. The van der Waals surface area contributed by atoms with Gasteiger partial charge in [-0.3, -0.25) is 0 Å². The zero-order valence-electron chi connectivity index (χ0n) is 13.3. The van der Waals surface area contributed by atoms with Crippen molar-refractivity contribution in [3.05, 3.63) is 15.6 Å². The summed E-state index contributed by atoms with van der Waals surface area (Å²) in [6.45, 7) is 8.18. The average molecular weight is 403 g/mol. The van der Waals surface area contributed by atoms with E-state index < -0.39 is 0 Å². The Morgan fingerprint density at radius 2 is 2.10 bits per heavy atom. The van der Waals surface area contributed by atoms with Crippen molar-refractivity contribution >= 4 is 28.4 Å². The van der Waals surface area contributed by atoms with Gasteiger partial charge >= 0.3 is 0 Å². The van der Waals surface area contributed by atoms with Crippen molar-refractivity contribution in [3.8, 4) is 0 Å². The highest BCUT2D eigenvalue weighted by Crippen LogP contribution is 2.41. The van der Waals surface area contributed by atoms with Crippen LogP contribution in [0.15, 0.2) is 6.20 Å². The number of aromatic nitrogens is 2. The van der Waals surface area contributed by atoms with Crippen molar-refractivity contribution < 1.29 is 4.74 Å². The van der Waals surface area contributed by atoms with Crippen molar-refractivity contribution in [2.45, 2.75) is 58.5 Å². The van der Waals surface area contributed by atoms with Crippen LogP contribution < -0.4 is 5.32 Å². The molecule has 0 aromatic carbocycles. The van der Waals surface area contributed by atoms with Gasteiger partial charge in [0.05, 0.1) is 3.57 Å². The minimum atomic E-state index is -0.283. The lowest BCUT2D eigenvalue weighted by Crippen LogP contribution is -2.36. The van der Waals surface area contributed by atoms with E-state index in [4.69, 9.17) is 9.72 Å². The molecule has 21 heavy (non-hydrogen) atoms. The summed E-state index contributed by atoms with van der Waals surface area (Å²) in [7, 11) is 0.